The van der Waals surface area contributed by atoms with Crippen molar-refractivity contribution >= 4 is 39.6 Å². The predicted molar refractivity (Wildman–Crippen MR) is 187 cm³/mol. The van der Waals surface area contributed by atoms with Gasteiger partial charge in [-0.3, -0.25) is 0 Å². The van der Waals surface area contributed by atoms with E-state index in [1.54, 1.807) is 0 Å². The topological polar surface area (TPSA) is 38.9 Å². The van der Waals surface area contributed by atoms with Crippen molar-refractivity contribution in [2.45, 2.75) is 38.0 Å². The van der Waals surface area contributed by atoms with Crippen LogP contribution in [0.3, 0.4) is 0 Å². The molecule has 1 radical (unpaired) electrons. The number of nitrogens with zero attached hydrogens (tertiary/aromatic N) is 2. The quantitative estimate of drug-likeness (QED) is 0.131. The van der Waals surface area contributed by atoms with Gasteiger partial charge in [-0.05, 0) is 35.9 Å². The van der Waals surface area contributed by atoms with E-state index in [1.165, 1.54) is 26.6 Å². The monoisotopic (exact) mass is 827 g/mol. The molecule has 3 heterocycles. The van der Waals surface area contributed by atoms with Crippen LogP contribution < -0.4 is 4.40 Å². The van der Waals surface area contributed by atoms with Crippen molar-refractivity contribution < 1.29 is 24.5 Å². The van der Waals surface area contributed by atoms with Crippen molar-refractivity contribution in [3.63, 3.8) is 0 Å². The average molecular weight is 826 g/mol. The van der Waals surface area contributed by atoms with Crippen LogP contribution >= 0.6 is 0 Å². The molecule has 0 bridgehead atoms. The van der Waals surface area contributed by atoms with Crippen LogP contribution in [0.2, 0.25) is 17.3 Å². The van der Waals surface area contributed by atoms with E-state index in [4.69, 9.17) is 4.42 Å². The second-order valence-electron chi connectivity index (χ2n) is 12.4. The van der Waals surface area contributed by atoms with Gasteiger partial charge in [0.1, 0.15) is 5.58 Å². The van der Waals surface area contributed by atoms with E-state index < -0.39 is 13.3 Å². The van der Waals surface area contributed by atoms with Gasteiger partial charge in [0.15, 0.2) is 0 Å². The SMILES string of the molecule is Cc1cc[c-]c(-c2cc(C)[c]([Ge]([CH3])([CH3])[CH3])cn2)c1.Cc1ccnc(-c2[c-]ccc3c2oc2cc(-c4ccccc4)ccc23)c1.[Ir]. The molecule has 0 fully saturated rings. The Morgan fingerprint density at radius 2 is 1.42 bits per heavy atom. The number of benzene rings is 4. The van der Waals surface area contributed by atoms with Gasteiger partial charge in [-0.1, -0.05) is 65.0 Å². The van der Waals surface area contributed by atoms with E-state index in [-0.39, 0.29) is 20.1 Å². The summed E-state index contributed by atoms with van der Waals surface area (Å²) in [4.78, 5) is 9.14. The minimum Gasteiger partial charge on any atom is -0.501 e. The average Bonchev–Trinajstić information content (AvgIpc) is 3.39. The summed E-state index contributed by atoms with van der Waals surface area (Å²) >= 11 is -1.79. The molecule has 5 heteroatoms. The van der Waals surface area contributed by atoms with Crippen molar-refractivity contribution in [2.75, 3.05) is 0 Å². The largest absolute Gasteiger partial charge is 0.501 e. The van der Waals surface area contributed by atoms with E-state index in [0.717, 1.165) is 50.0 Å². The van der Waals surface area contributed by atoms with Crippen molar-refractivity contribution in [1.29, 1.82) is 0 Å². The van der Waals surface area contributed by atoms with Gasteiger partial charge in [0.2, 0.25) is 0 Å². The fourth-order valence-electron chi connectivity index (χ4n) is 5.63. The summed E-state index contributed by atoms with van der Waals surface area (Å²) in [5.74, 6) is 7.22. The molecule has 0 saturated heterocycles. The molecule has 4 aromatic carbocycles. The van der Waals surface area contributed by atoms with E-state index in [2.05, 4.69) is 139 Å². The molecule has 45 heavy (non-hydrogen) atoms. The Kier molecular flexibility index (Phi) is 9.89. The summed E-state index contributed by atoms with van der Waals surface area (Å²) < 4.78 is 7.76. The first-order chi connectivity index (χ1) is 21.2. The number of pyridine rings is 2. The molecule has 227 valence electrons. The third kappa shape index (κ3) is 7.20. The Labute approximate surface area is 282 Å². The number of furan rings is 1. The second kappa shape index (κ2) is 13.7. The third-order valence-electron chi connectivity index (χ3n) is 7.86. The molecule has 3 nitrogen and oxygen atoms in total. The zero-order valence-electron chi connectivity index (χ0n) is 26.5. The van der Waals surface area contributed by atoms with Crippen LogP contribution in [-0.2, 0) is 20.1 Å². The molecule has 0 spiro atoms. The van der Waals surface area contributed by atoms with Gasteiger partial charge >= 0.3 is 113 Å². The van der Waals surface area contributed by atoms with E-state index in [1.807, 2.05) is 30.5 Å². The number of fused-ring (bicyclic) bond motifs is 3. The summed E-state index contributed by atoms with van der Waals surface area (Å²) in [7, 11) is 0. The van der Waals surface area contributed by atoms with Gasteiger partial charge in [0.05, 0.1) is 5.58 Å². The molecule has 0 unspecified atom stereocenters. The number of hydrogen-bond acceptors (Lipinski definition) is 3. The summed E-state index contributed by atoms with van der Waals surface area (Å²) in [5.41, 5.74) is 11.8. The first-order valence-corrected chi connectivity index (χ1v) is 22.3. The molecule has 7 aromatic rings. The molecule has 0 N–H and O–H groups in total. The molecule has 0 aliphatic rings. The molecule has 0 atom stereocenters. The van der Waals surface area contributed by atoms with Crippen LogP contribution in [0.15, 0.2) is 114 Å². The number of aryl methyl sites for hydroxylation is 3. The molecular formula is C40H36GeIrN2O-2. The maximum Gasteiger partial charge on any atom is 0.121 e. The molecule has 3 aromatic heterocycles. The molecule has 0 saturated carbocycles. The summed E-state index contributed by atoms with van der Waals surface area (Å²) in [6, 6.07) is 39.8. The van der Waals surface area contributed by atoms with Crippen LogP contribution in [0.4, 0.5) is 0 Å². The maximum atomic E-state index is 6.27. The fraction of sp³-hybridized carbons (Fsp3) is 0.150. The minimum absolute atomic E-state index is 0. The Hall–Kier alpha value is -3.83. The summed E-state index contributed by atoms with van der Waals surface area (Å²) in [5, 5.41) is 2.21. The Bertz CT molecular complexity index is 2090. The first kappa shape index (κ1) is 32.6. The fourth-order valence-corrected chi connectivity index (χ4v) is 9.21. The third-order valence-corrected chi connectivity index (χ3v) is 12.4. The van der Waals surface area contributed by atoms with Gasteiger partial charge in [0.25, 0.3) is 0 Å². The summed E-state index contributed by atoms with van der Waals surface area (Å²) in [6.07, 6.45) is 3.91. The minimum atomic E-state index is -1.79. The zero-order chi connectivity index (χ0) is 30.8. The molecule has 0 aliphatic heterocycles. The number of rotatable bonds is 4. The van der Waals surface area contributed by atoms with Crippen molar-refractivity contribution in [2.24, 2.45) is 0 Å². The maximum absolute atomic E-state index is 6.27. The van der Waals surface area contributed by atoms with E-state index in [9.17, 15) is 0 Å². The van der Waals surface area contributed by atoms with Crippen LogP contribution in [0.5, 0.6) is 0 Å². The number of aromatic nitrogens is 2. The van der Waals surface area contributed by atoms with Crippen LogP contribution in [0.25, 0.3) is 55.6 Å². The van der Waals surface area contributed by atoms with Gasteiger partial charge in [-0.25, -0.2) is 0 Å². The zero-order valence-corrected chi connectivity index (χ0v) is 31.0. The molecule has 0 aliphatic carbocycles. The van der Waals surface area contributed by atoms with Crippen LogP contribution in [0.1, 0.15) is 16.7 Å². The van der Waals surface area contributed by atoms with E-state index >= 15 is 0 Å². The number of hydrogen-bond donors (Lipinski definition) is 0. The van der Waals surface area contributed by atoms with Gasteiger partial charge in [-0.2, -0.15) is 0 Å². The Morgan fingerprint density at radius 1 is 0.667 bits per heavy atom. The molecule has 0 amide bonds. The molecular weight excluding hydrogens is 789 g/mol. The predicted octanol–water partition coefficient (Wildman–Crippen LogP) is 10.1. The molecule has 7 rings (SSSR count). The van der Waals surface area contributed by atoms with Crippen molar-refractivity contribution in [3.05, 3.63) is 138 Å². The summed E-state index contributed by atoms with van der Waals surface area (Å²) in [6.45, 7) is 6.37. The van der Waals surface area contributed by atoms with E-state index in [0.29, 0.717) is 0 Å². The van der Waals surface area contributed by atoms with Gasteiger partial charge in [0, 0.05) is 31.7 Å². The van der Waals surface area contributed by atoms with Crippen molar-refractivity contribution in [1.82, 2.24) is 9.97 Å². The van der Waals surface area contributed by atoms with Gasteiger partial charge in [-0.15, -0.1) is 18.2 Å². The smallest absolute Gasteiger partial charge is 0.121 e. The normalized spacial score (nSPS) is 11.2. The second-order valence-corrected chi connectivity index (χ2v) is 23.0. The van der Waals surface area contributed by atoms with Gasteiger partial charge < -0.3 is 9.40 Å². The standard InChI is InChI=1S/C24H16NO.C16H20GeN.Ir/c1-16-12-13-25-22(14-16)21-9-5-8-20-19-11-10-18(15-23(19)26-24(20)21)17-6-3-2-4-7-17;1-12-7-6-8-14(9-12)16-10-13(2)15(11-18-16)17(3,4)5;/h2-8,10-15H,1H3;6-7,9-11H,1-5H3;/q2*-1;. The first-order valence-electron chi connectivity index (χ1n) is 15.0. The van der Waals surface area contributed by atoms with Crippen LogP contribution in [-0.4, -0.2) is 23.2 Å². The van der Waals surface area contributed by atoms with Crippen LogP contribution in [0, 0.1) is 32.9 Å². The Morgan fingerprint density at radius 3 is 2.13 bits per heavy atom. The Balaban J connectivity index is 0.000000186. The van der Waals surface area contributed by atoms with Crippen molar-refractivity contribution in [3.8, 4) is 33.6 Å².